The summed E-state index contributed by atoms with van der Waals surface area (Å²) < 4.78 is 0. The Kier molecular flexibility index (Phi) is 3.80. The molecule has 1 N–H and O–H groups in total. The zero-order valence-corrected chi connectivity index (χ0v) is 15.3. The fourth-order valence-electron chi connectivity index (χ4n) is 7.12. The number of rotatable bonds is 1. The summed E-state index contributed by atoms with van der Waals surface area (Å²) in [7, 11) is 0. The van der Waals surface area contributed by atoms with Gasteiger partial charge in [-0.3, -0.25) is 0 Å². The van der Waals surface area contributed by atoms with E-state index in [0.717, 1.165) is 32.1 Å². The molecule has 4 aliphatic carbocycles. The molecule has 7 atom stereocenters. The van der Waals surface area contributed by atoms with Crippen LogP contribution in [0, 0.1) is 33.5 Å². The molecule has 0 aliphatic heterocycles. The van der Waals surface area contributed by atoms with Crippen LogP contribution in [0.1, 0.15) is 65.7 Å². The number of aliphatic hydroxyl groups excluding tert-OH is 1. The van der Waals surface area contributed by atoms with Crippen LogP contribution >= 0.6 is 0 Å². The molecule has 0 aromatic heterocycles. The van der Waals surface area contributed by atoms with Crippen molar-refractivity contribution in [2.75, 3.05) is 0 Å². The van der Waals surface area contributed by atoms with Crippen molar-refractivity contribution < 1.29 is 5.11 Å². The lowest BCUT2D eigenvalue weighted by molar-refractivity contribution is -0.0161. The van der Waals surface area contributed by atoms with Crippen molar-refractivity contribution in [3.63, 3.8) is 0 Å². The lowest BCUT2D eigenvalue weighted by Gasteiger charge is -2.57. The van der Waals surface area contributed by atoms with Crippen LogP contribution in [0.2, 0.25) is 0 Å². The van der Waals surface area contributed by atoms with Gasteiger partial charge in [0.15, 0.2) is 0 Å². The average Bonchev–Trinajstić information content (AvgIpc) is 2.83. The maximum Gasteiger partial charge on any atom is 0.0957 e. The summed E-state index contributed by atoms with van der Waals surface area (Å²) in [5, 5.41) is 13.9. The Morgan fingerprint density at radius 2 is 1.96 bits per heavy atom. The lowest BCUT2D eigenvalue weighted by atomic mass is 9.47. The van der Waals surface area contributed by atoms with Crippen LogP contribution in [0.4, 0.5) is 0 Å². The quantitative estimate of drug-likeness (QED) is 0.543. The summed E-state index contributed by atoms with van der Waals surface area (Å²) in [6.07, 6.45) is 11.9. The standard InChI is InChI=1S/C21H31NO2/c1-4-16-19(23)12-18-15-6-5-13-11-14(22-24)7-9-20(13,2)17(15)8-10-21(16,18)3/h4-5,14-15,17-19,23H,6-12H2,1-3H3/b16-4-. The number of nitrogens with zero attached hydrogens (tertiary/aromatic N) is 1. The molecule has 0 aromatic carbocycles. The highest BCUT2D eigenvalue weighted by Gasteiger charge is 2.58. The van der Waals surface area contributed by atoms with Gasteiger partial charge in [-0.05, 0) is 86.0 Å². The first-order valence-electron chi connectivity index (χ1n) is 9.80. The third kappa shape index (κ3) is 2.06. The summed E-state index contributed by atoms with van der Waals surface area (Å²) in [5.74, 6) is 2.01. The van der Waals surface area contributed by atoms with Crippen LogP contribution in [0.25, 0.3) is 0 Å². The third-order valence-corrected chi connectivity index (χ3v) is 8.42. The molecule has 4 rings (SSSR count). The molecule has 3 fully saturated rings. The number of allylic oxidation sites excluding steroid dienone is 2. The van der Waals surface area contributed by atoms with E-state index >= 15 is 0 Å². The second-order valence-corrected chi connectivity index (χ2v) is 9.21. The zero-order chi connectivity index (χ0) is 17.1. The smallest absolute Gasteiger partial charge is 0.0957 e. The van der Waals surface area contributed by atoms with Gasteiger partial charge >= 0.3 is 0 Å². The SMILES string of the molecule is C/C=C1/C(O)CC2C3CC=C4CC(N=O)CCC4(C)C3CCC12C. The molecule has 0 bridgehead atoms. The van der Waals surface area contributed by atoms with E-state index in [1.165, 1.54) is 24.0 Å². The number of nitroso groups, excluding NO2 is 1. The highest BCUT2D eigenvalue weighted by molar-refractivity contribution is 5.31. The van der Waals surface area contributed by atoms with E-state index in [9.17, 15) is 10.0 Å². The minimum atomic E-state index is -0.239. The highest BCUT2D eigenvalue weighted by atomic mass is 16.3. The van der Waals surface area contributed by atoms with Gasteiger partial charge in [0, 0.05) is 0 Å². The first kappa shape index (κ1) is 16.5. The van der Waals surface area contributed by atoms with E-state index in [0.29, 0.717) is 17.8 Å². The molecule has 0 saturated heterocycles. The van der Waals surface area contributed by atoms with Gasteiger partial charge < -0.3 is 5.11 Å². The van der Waals surface area contributed by atoms with Crippen LogP contribution in [0.3, 0.4) is 0 Å². The second-order valence-electron chi connectivity index (χ2n) is 9.21. The van der Waals surface area contributed by atoms with Crippen molar-refractivity contribution >= 4 is 0 Å². The predicted molar refractivity (Wildman–Crippen MR) is 96.4 cm³/mol. The summed E-state index contributed by atoms with van der Waals surface area (Å²) in [6, 6.07) is -0.00217. The van der Waals surface area contributed by atoms with Crippen LogP contribution < -0.4 is 0 Å². The first-order chi connectivity index (χ1) is 11.4. The highest BCUT2D eigenvalue weighted by Crippen LogP contribution is 2.66. The molecule has 0 spiro atoms. The number of fused-ring (bicyclic) bond motifs is 5. The molecule has 132 valence electrons. The zero-order valence-electron chi connectivity index (χ0n) is 15.3. The van der Waals surface area contributed by atoms with Gasteiger partial charge in [-0.15, -0.1) is 0 Å². The first-order valence-corrected chi connectivity index (χ1v) is 9.80. The fourth-order valence-corrected chi connectivity index (χ4v) is 7.12. The van der Waals surface area contributed by atoms with Crippen molar-refractivity contribution in [2.24, 2.45) is 33.8 Å². The molecule has 0 amide bonds. The summed E-state index contributed by atoms with van der Waals surface area (Å²) >= 11 is 0. The maximum atomic E-state index is 11.0. The van der Waals surface area contributed by atoms with Crippen molar-refractivity contribution in [3.8, 4) is 0 Å². The minimum absolute atomic E-state index is 0.00217. The topological polar surface area (TPSA) is 49.7 Å². The minimum Gasteiger partial charge on any atom is -0.389 e. The van der Waals surface area contributed by atoms with E-state index in [1.54, 1.807) is 0 Å². The molecular weight excluding hydrogens is 298 g/mol. The normalized spacial score (nSPS) is 52.2. The Labute approximate surface area is 145 Å². The van der Waals surface area contributed by atoms with Crippen LogP contribution in [0.5, 0.6) is 0 Å². The Bertz CT molecular complexity index is 609. The van der Waals surface area contributed by atoms with Crippen LogP contribution in [0.15, 0.2) is 28.5 Å². The van der Waals surface area contributed by atoms with Gasteiger partial charge in [0.25, 0.3) is 0 Å². The lowest BCUT2D eigenvalue weighted by Crippen LogP contribution is -2.49. The third-order valence-electron chi connectivity index (χ3n) is 8.42. The van der Waals surface area contributed by atoms with Crippen LogP contribution in [-0.2, 0) is 0 Å². The molecule has 0 aromatic rings. The summed E-state index contributed by atoms with van der Waals surface area (Å²) in [5.41, 5.74) is 3.25. The van der Waals surface area contributed by atoms with E-state index in [1.807, 2.05) is 0 Å². The van der Waals surface area contributed by atoms with E-state index in [4.69, 9.17) is 0 Å². The molecule has 0 heterocycles. The van der Waals surface area contributed by atoms with Gasteiger partial charge in [-0.25, -0.2) is 0 Å². The van der Waals surface area contributed by atoms with E-state index in [2.05, 4.69) is 38.1 Å². The maximum absolute atomic E-state index is 11.0. The Balaban J connectivity index is 1.68. The molecule has 3 heteroatoms. The van der Waals surface area contributed by atoms with Crippen molar-refractivity contribution in [3.05, 3.63) is 28.2 Å². The molecule has 3 saturated carbocycles. The Morgan fingerprint density at radius 1 is 1.21 bits per heavy atom. The van der Waals surface area contributed by atoms with Crippen molar-refractivity contribution in [1.82, 2.24) is 0 Å². The summed E-state index contributed by atoms with van der Waals surface area (Å²) in [6.45, 7) is 6.93. The Hall–Kier alpha value is -0.960. The van der Waals surface area contributed by atoms with Gasteiger partial charge in [0.2, 0.25) is 0 Å². The number of aliphatic hydroxyl groups is 1. The molecule has 0 radical (unpaired) electrons. The van der Waals surface area contributed by atoms with Gasteiger partial charge in [-0.2, -0.15) is 4.91 Å². The Morgan fingerprint density at radius 3 is 2.67 bits per heavy atom. The summed E-state index contributed by atoms with van der Waals surface area (Å²) in [4.78, 5) is 11.0. The molecular formula is C21H31NO2. The van der Waals surface area contributed by atoms with Crippen molar-refractivity contribution in [2.45, 2.75) is 77.9 Å². The van der Waals surface area contributed by atoms with Gasteiger partial charge in [0.05, 0.1) is 12.1 Å². The monoisotopic (exact) mass is 329 g/mol. The molecule has 4 aliphatic rings. The molecule has 24 heavy (non-hydrogen) atoms. The molecule has 7 unspecified atom stereocenters. The van der Waals surface area contributed by atoms with E-state index in [-0.39, 0.29) is 23.0 Å². The largest absolute Gasteiger partial charge is 0.389 e. The average molecular weight is 329 g/mol. The van der Waals surface area contributed by atoms with Crippen molar-refractivity contribution in [1.29, 1.82) is 0 Å². The molecule has 3 nitrogen and oxygen atoms in total. The second kappa shape index (κ2) is 5.52. The fraction of sp³-hybridized carbons (Fsp3) is 0.810. The number of hydrogen-bond donors (Lipinski definition) is 1. The van der Waals surface area contributed by atoms with Crippen LogP contribution in [-0.4, -0.2) is 17.3 Å². The number of hydrogen-bond acceptors (Lipinski definition) is 3. The van der Waals surface area contributed by atoms with Gasteiger partial charge in [-0.1, -0.05) is 36.7 Å². The predicted octanol–water partition coefficient (Wildman–Crippen LogP) is 5.00. The van der Waals surface area contributed by atoms with E-state index < -0.39 is 0 Å². The van der Waals surface area contributed by atoms with Gasteiger partial charge in [0.1, 0.15) is 0 Å².